The van der Waals surface area contributed by atoms with Crippen LogP contribution in [0.2, 0.25) is 0 Å². The molecule has 4 rings (SSSR count). The van der Waals surface area contributed by atoms with Crippen LogP contribution >= 0.6 is 0 Å². The molecular weight excluding hydrogens is 322 g/mol. The van der Waals surface area contributed by atoms with Crippen LogP contribution in [0, 0.1) is 0 Å². The van der Waals surface area contributed by atoms with Crippen molar-refractivity contribution in [1.82, 2.24) is 14.6 Å². The number of nitrogens with zero attached hydrogens (tertiary/aromatic N) is 2. The first-order chi connectivity index (χ1) is 12.7. The zero-order valence-electron chi connectivity index (χ0n) is 14.8. The number of hydrogen-bond donors (Lipinski definition) is 1. The largest absolute Gasteiger partial charge is 0.289 e. The van der Waals surface area contributed by atoms with E-state index in [0.29, 0.717) is 5.65 Å². The van der Waals surface area contributed by atoms with Crippen molar-refractivity contribution < 1.29 is 0 Å². The molecule has 0 saturated heterocycles. The summed E-state index contributed by atoms with van der Waals surface area (Å²) in [5.74, 6) is 0. The monoisotopic (exact) mass is 343 g/mol. The van der Waals surface area contributed by atoms with E-state index in [2.05, 4.69) is 41.3 Å². The molecule has 0 spiro atoms. The highest BCUT2D eigenvalue weighted by molar-refractivity contribution is 5.63. The van der Waals surface area contributed by atoms with E-state index in [1.54, 1.807) is 6.07 Å². The number of H-pyrrole nitrogens is 1. The van der Waals surface area contributed by atoms with E-state index in [1.165, 1.54) is 15.6 Å². The van der Waals surface area contributed by atoms with Gasteiger partial charge in [-0.3, -0.25) is 9.89 Å². The predicted octanol–water partition coefficient (Wildman–Crippen LogP) is 4.04. The molecule has 0 aliphatic heterocycles. The molecule has 0 saturated carbocycles. The van der Waals surface area contributed by atoms with Crippen LogP contribution in [-0.4, -0.2) is 14.6 Å². The van der Waals surface area contributed by atoms with Crippen molar-refractivity contribution in [3.8, 4) is 11.3 Å². The summed E-state index contributed by atoms with van der Waals surface area (Å²) >= 11 is 0. The summed E-state index contributed by atoms with van der Waals surface area (Å²) in [6.45, 7) is 2.15. The Balaban J connectivity index is 1.59. The topological polar surface area (TPSA) is 50.2 Å². The van der Waals surface area contributed by atoms with Crippen molar-refractivity contribution in [2.75, 3.05) is 0 Å². The molecule has 2 aromatic heterocycles. The van der Waals surface area contributed by atoms with Crippen LogP contribution in [0.4, 0.5) is 0 Å². The van der Waals surface area contributed by atoms with E-state index >= 15 is 0 Å². The average Bonchev–Trinajstić information content (AvgIpc) is 3.12. The fourth-order valence-electron chi connectivity index (χ4n) is 3.15. The molecular formula is C22H21N3O. The predicted molar refractivity (Wildman–Crippen MR) is 104 cm³/mol. The second-order valence-electron chi connectivity index (χ2n) is 6.49. The van der Waals surface area contributed by atoms with Crippen LogP contribution in [0.1, 0.15) is 23.7 Å². The molecule has 0 unspecified atom stereocenters. The number of benzene rings is 2. The van der Waals surface area contributed by atoms with Gasteiger partial charge in [-0.2, -0.15) is 0 Å². The Bertz CT molecular complexity index is 1080. The van der Waals surface area contributed by atoms with Crippen LogP contribution in [0.15, 0.2) is 71.5 Å². The molecule has 0 bridgehead atoms. The van der Waals surface area contributed by atoms with Gasteiger partial charge in [-0.1, -0.05) is 61.5 Å². The lowest BCUT2D eigenvalue weighted by Gasteiger charge is -2.03. The molecule has 130 valence electrons. The number of aryl methyl sites for hydroxylation is 3. The lowest BCUT2D eigenvalue weighted by atomic mass is 10.1. The minimum Gasteiger partial charge on any atom is -0.289 e. The van der Waals surface area contributed by atoms with Gasteiger partial charge in [0.2, 0.25) is 0 Å². The van der Waals surface area contributed by atoms with E-state index in [1.807, 2.05) is 36.4 Å². The van der Waals surface area contributed by atoms with Gasteiger partial charge in [0.25, 0.3) is 5.56 Å². The summed E-state index contributed by atoms with van der Waals surface area (Å²) in [4.78, 5) is 17.1. The molecule has 0 aliphatic carbocycles. The number of rotatable bonds is 5. The number of aromatic nitrogens is 3. The van der Waals surface area contributed by atoms with Crippen LogP contribution in [-0.2, 0) is 19.3 Å². The van der Waals surface area contributed by atoms with E-state index in [0.717, 1.165) is 36.2 Å². The maximum absolute atomic E-state index is 12.4. The number of fused-ring (bicyclic) bond motifs is 1. The number of hydrogen-bond acceptors (Lipinski definition) is 2. The molecule has 4 nitrogen and oxygen atoms in total. The van der Waals surface area contributed by atoms with E-state index < -0.39 is 0 Å². The smallest absolute Gasteiger partial charge is 0.272 e. The molecule has 0 aliphatic rings. The number of nitrogens with one attached hydrogen (secondary N) is 1. The molecule has 2 aromatic carbocycles. The third-order valence-corrected chi connectivity index (χ3v) is 4.69. The zero-order chi connectivity index (χ0) is 17.9. The van der Waals surface area contributed by atoms with Crippen molar-refractivity contribution in [2.24, 2.45) is 0 Å². The first kappa shape index (κ1) is 16.3. The maximum Gasteiger partial charge on any atom is 0.272 e. The molecule has 1 N–H and O–H groups in total. The fraction of sp³-hybridized carbons (Fsp3) is 0.182. The summed E-state index contributed by atoms with van der Waals surface area (Å²) in [6, 6.07) is 22.2. The van der Waals surface area contributed by atoms with Gasteiger partial charge < -0.3 is 0 Å². The summed E-state index contributed by atoms with van der Waals surface area (Å²) < 4.78 is 1.50. The first-order valence-corrected chi connectivity index (χ1v) is 8.98. The standard InChI is InChI=1S/C22H21N3O/c1-2-16-8-10-17(11-9-16)12-13-19-14-22(26)25-21(23-19)15-20(24-25)18-6-4-3-5-7-18/h3-11,14-15,24H,2,12-13H2,1H3. The minimum atomic E-state index is -0.0755. The third-order valence-electron chi connectivity index (χ3n) is 4.69. The van der Waals surface area contributed by atoms with Crippen LogP contribution in [0.5, 0.6) is 0 Å². The molecule has 0 amide bonds. The highest BCUT2D eigenvalue weighted by atomic mass is 16.1. The minimum absolute atomic E-state index is 0.0755. The molecule has 4 heteroatoms. The molecule has 26 heavy (non-hydrogen) atoms. The highest BCUT2D eigenvalue weighted by Crippen LogP contribution is 2.18. The van der Waals surface area contributed by atoms with E-state index in [-0.39, 0.29) is 5.56 Å². The summed E-state index contributed by atoms with van der Waals surface area (Å²) in [7, 11) is 0. The van der Waals surface area contributed by atoms with Crippen LogP contribution in [0.25, 0.3) is 16.9 Å². The first-order valence-electron chi connectivity index (χ1n) is 8.98. The number of aromatic amines is 1. The van der Waals surface area contributed by atoms with Crippen molar-refractivity contribution >= 4 is 5.65 Å². The summed E-state index contributed by atoms with van der Waals surface area (Å²) in [5, 5.41) is 3.14. The Labute approximate surface area is 152 Å². The van der Waals surface area contributed by atoms with Crippen LogP contribution < -0.4 is 5.56 Å². The Morgan fingerprint density at radius 3 is 2.38 bits per heavy atom. The summed E-state index contributed by atoms with van der Waals surface area (Å²) in [6.07, 6.45) is 2.68. The van der Waals surface area contributed by atoms with Gasteiger partial charge >= 0.3 is 0 Å². The normalized spacial score (nSPS) is 11.1. The van der Waals surface area contributed by atoms with Crippen LogP contribution in [0.3, 0.4) is 0 Å². The van der Waals surface area contributed by atoms with Gasteiger partial charge in [0.05, 0.1) is 5.69 Å². The van der Waals surface area contributed by atoms with Gasteiger partial charge in [-0.25, -0.2) is 9.50 Å². The Kier molecular flexibility index (Phi) is 4.40. The van der Waals surface area contributed by atoms with E-state index in [4.69, 9.17) is 0 Å². The van der Waals surface area contributed by atoms with Gasteiger partial charge in [0.15, 0.2) is 5.65 Å². The van der Waals surface area contributed by atoms with Gasteiger partial charge in [0, 0.05) is 17.8 Å². The molecule has 4 aromatic rings. The van der Waals surface area contributed by atoms with Crippen molar-refractivity contribution in [2.45, 2.75) is 26.2 Å². The third kappa shape index (κ3) is 3.31. The fourth-order valence-corrected chi connectivity index (χ4v) is 3.15. The molecule has 2 heterocycles. The van der Waals surface area contributed by atoms with Gasteiger partial charge in [0.1, 0.15) is 0 Å². The van der Waals surface area contributed by atoms with E-state index in [9.17, 15) is 4.79 Å². The van der Waals surface area contributed by atoms with Gasteiger partial charge in [-0.05, 0) is 36.0 Å². The van der Waals surface area contributed by atoms with Gasteiger partial charge in [-0.15, -0.1) is 0 Å². The summed E-state index contributed by atoms with van der Waals surface area (Å²) in [5.41, 5.74) is 5.95. The zero-order valence-corrected chi connectivity index (χ0v) is 14.8. The lowest BCUT2D eigenvalue weighted by molar-refractivity contribution is 0.853. The second-order valence-corrected chi connectivity index (χ2v) is 6.49. The maximum atomic E-state index is 12.4. The lowest BCUT2D eigenvalue weighted by Crippen LogP contribution is -2.15. The van der Waals surface area contributed by atoms with Crippen molar-refractivity contribution in [1.29, 1.82) is 0 Å². The second kappa shape index (κ2) is 7.00. The van der Waals surface area contributed by atoms with Crippen molar-refractivity contribution in [3.63, 3.8) is 0 Å². The molecule has 0 atom stereocenters. The Morgan fingerprint density at radius 2 is 1.65 bits per heavy atom. The Morgan fingerprint density at radius 1 is 0.923 bits per heavy atom. The molecule has 0 fully saturated rings. The Hall–Kier alpha value is -3.14. The highest BCUT2D eigenvalue weighted by Gasteiger charge is 2.08. The molecule has 0 radical (unpaired) electrons. The quantitative estimate of drug-likeness (QED) is 0.595. The SMILES string of the molecule is CCc1ccc(CCc2cc(=O)n3[nH]c(-c4ccccc4)cc3n2)cc1. The van der Waals surface area contributed by atoms with Crippen molar-refractivity contribution in [3.05, 3.63) is 93.9 Å². The average molecular weight is 343 g/mol.